The molecule has 18 heavy (non-hydrogen) atoms. The quantitative estimate of drug-likeness (QED) is 0.784. The normalized spacial score (nSPS) is 30.7. The Bertz CT molecular complexity index is 309. The van der Waals surface area contributed by atoms with E-state index >= 15 is 0 Å². The van der Waals surface area contributed by atoms with Gasteiger partial charge in [0.25, 0.3) is 0 Å². The predicted molar refractivity (Wildman–Crippen MR) is 71.4 cm³/mol. The highest BCUT2D eigenvalue weighted by Gasteiger charge is 2.37. The molecule has 1 atom stereocenters. The fraction of sp³-hybridized carbons (Fsp3) is 0.929. The highest BCUT2D eigenvalue weighted by molar-refractivity contribution is 5.82. The lowest BCUT2D eigenvalue weighted by Gasteiger charge is -2.39. The number of piperidine rings is 1. The largest absolute Gasteiger partial charge is 0.375 e. The molecule has 2 saturated heterocycles. The van der Waals surface area contributed by atoms with E-state index in [1.165, 1.54) is 0 Å². The molecule has 0 aliphatic carbocycles. The third-order valence-electron chi connectivity index (χ3n) is 4.29. The first-order valence-electron chi connectivity index (χ1n) is 7.07. The van der Waals surface area contributed by atoms with Crippen molar-refractivity contribution < 1.29 is 9.53 Å². The molecule has 104 valence electrons. The molecular formula is C14H26N2O2. The van der Waals surface area contributed by atoms with Crippen molar-refractivity contribution in [3.63, 3.8) is 0 Å². The summed E-state index contributed by atoms with van der Waals surface area (Å²) in [6, 6.07) is 0.271. The molecule has 4 heteroatoms. The van der Waals surface area contributed by atoms with E-state index in [0.717, 1.165) is 45.4 Å². The van der Waals surface area contributed by atoms with Gasteiger partial charge in [-0.2, -0.15) is 0 Å². The Morgan fingerprint density at radius 2 is 1.94 bits per heavy atom. The van der Waals surface area contributed by atoms with Crippen molar-refractivity contribution in [2.45, 2.75) is 58.1 Å². The zero-order valence-electron chi connectivity index (χ0n) is 11.8. The molecule has 0 aromatic heterocycles. The molecule has 0 aromatic rings. The Hall–Kier alpha value is -0.610. The molecule has 1 amide bonds. The number of amides is 1. The highest BCUT2D eigenvalue weighted by atomic mass is 16.5. The van der Waals surface area contributed by atoms with Crippen LogP contribution in [0.1, 0.15) is 46.5 Å². The molecule has 4 nitrogen and oxygen atoms in total. The summed E-state index contributed by atoms with van der Waals surface area (Å²) < 4.78 is 5.69. The number of carbonyl (C=O) groups is 1. The lowest BCUT2D eigenvalue weighted by atomic mass is 9.79. The third kappa shape index (κ3) is 3.23. The van der Waals surface area contributed by atoms with Crippen LogP contribution in [0, 0.1) is 5.41 Å². The van der Waals surface area contributed by atoms with E-state index in [1.54, 1.807) is 0 Å². The number of ether oxygens (including phenoxy) is 1. The van der Waals surface area contributed by atoms with E-state index < -0.39 is 0 Å². The zero-order chi connectivity index (χ0) is 13.2. The lowest BCUT2D eigenvalue weighted by Crippen LogP contribution is -2.52. The number of nitrogens with one attached hydrogen (secondary N) is 2. The second-order valence-electron chi connectivity index (χ2n) is 6.58. The maximum absolute atomic E-state index is 12.4. The first-order valence-corrected chi connectivity index (χ1v) is 7.07. The number of carbonyl (C=O) groups excluding carboxylic acids is 1. The zero-order valence-corrected chi connectivity index (χ0v) is 11.8. The summed E-state index contributed by atoms with van der Waals surface area (Å²) in [4.78, 5) is 12.4. The Morgan fingerprint density at radius 1 is 1.28 bits per heavy atom. The fourth-order valence-electron chi connectivity index (χ4n) is 2.92. The molecule has 0 aromatic carbocycles. The SMILES string of the molecule is CC1(C)CC(NC(=O)C2(C)CCNCC2)CCO1. The number of rotatable bonds is 2. The molecule has 2 aliphatic rings. The molecule has 2 aliphatic heterocycles. The van der Waals surface area contributed by atoms with Crippen LogP contribution in [0.4, 0.5) is 0 Å². The van der Waals surface area contributed by atoms with Crippen molar-refractivity contribution in [2.24, 2.45) is 5.41 Å². The van der Waals surface area contributed by atoms with Crippen molar-refractivity contribution in [3.8, 4) is 0 Å². The summed E-state index contributed by atoms with van der Waals surface area (Å²) in [6.07, 6.45) is 3.72. The van der Waals surface area contributed by atoms with Crippen LogP contribution >= 0.6 is 0 Å². The molecule has 0 saturated carbocycles. The number of hydrogen-bond donors (Lipinski definition) is 2. The van der Waals surface area contributed by atoms with Crippen LogP contribution in [-0.2, 0) is 9.53 Å². The first-order chi connectivity index (χ1) is 8.41. The average molecular weight is 254 g/mol. The van der Waals surface area contributed by atoms with E-state index in [0.29, 0.717) is 0 Å². The molecule has 0 bridgehead atoms. The molecule has 2 fully saturated rings. The van der Waals surface area contributed by atoms with Crippen LogP contribution in [0.3, 0.4) is 0 Å². The van der Waals surface area contributed by atoms with Gasteiger partial charge in [-0.15, -0.1) is 0 Å². The Labute approximate surface area is 110 Å². The molecule has 2 heterocycles. The van der Waals surface area contributed by atoms with Gasteiger partial charge in [0.2, 0.25) is 5.91 Å². The van der Waals surface area contributed by atoms with E-state index in [4.69, 9.17) is 4.74 Å². The predicted octanol–water partition coefficient (Wildman–Crippen LogP) is 1.45. The van der Waals surface area contributed by atoms with E-state index in [1.807, 2.05) is 0 Å². The van der Waals surface area contributed by atoms with Crippen molar-refractivity contribution in [3.05, 3.63) is 0 Å². The third-order valence-corrected chi connectivity index (χ3v) is 4.29. The van der Waals surface area contributed by atoms with Gasteiger partial charge in [-0.05, 0) is 52.6 Å². The molecule has 0 radical (unpaired) electrons. The van der Waals surface area contributed by atoms with Gasteiger partial charge < -0.3 is 15.4 Å². The van der Waals surface area contributed by atoms with Crippen LogP contribution in [0.25, 0.3) is 0 Å². The summed E-state index contributed by atoms with van der Waals surface area (Å²) in [7, 11) is 0. The molecule has 2 rings (SSSR count). The maximum Gasteiger partial charge on any atom is 0.226 e. The van der Waals surface area contributed by atoms with E-state index in [-0.39, 0.29) is 23.0 Å². The van der Waals surface area contributed by atoms with E-state index in [2.05, 4.69) is 31.4 Å². The summed E-state index contributed by atoms with van der Waals surface area (Å²) in [6.45, 7) is 8.92. The van der Waals surface area contributed by atoms with Crippen molar-refractivity contribution in [1.29, 1.82) is 0 Å². The molecule has 0 spiro atoms. The van der Waals surface area contributed by atoms with Gasteiger partial charge in [0.05, 0.1) is 5.60 Å². The van der Waals surface area contributed by atoms with Crippen molar-refractivity contribution in [2.75, 3.05) is 19.7 Å². The Morgan fingerprint density at radius 3 is 2.56 bits per heavy atom. The van der Waals surface area contributed by atoms with Gasteiger partial charge in [0.15, 0.2) is 0 Å². The van der Waals surface area contributed by atoms with Crippen molar-refractivity contribution in [1.82, 2.24) is 10.6 Å². The maximum atomic E-state index is 12.4. The second-order valence-corrected chi connectivity index (χ2v) is 6.58. The number of hydrogen-bond acceptors (Lipinski definition) is 3. The van der Waals surface area contributed by atoms with Gasteiger partial charge in [-0.1, -0.05) is 6.92 Å². The Kier molecular flexibility index (Phi) is 3.97. The van der Waals surface area contributed by atoms with Crippen LogP contribution in [0.5, 0.6) is 0 Å². The van der Waals surface area contributed by atoms with Gasteiger partial charge in [-0.25, -0.2) is 0 Å². The highest BCUT2D eigenvalue weighted by Crippen LogP contribution is 2.30. The van der Waals surface area contributed by atoms with Crippen LogP contribution in [0.2, 0.25) is 0 Å². The summed E-state index contributed by atoms with van der Waals surface area (Å²) >= 11 is 0. The molecular weight excluding hydrogens is 228 g/mol. The lowest BCUT2D eigenvalue weighted by molar-refractivity contribution is -0.134. The minimum atomic E-state index is -0.187. The van der Waals surface area contributed by atoms with Crippen molar-refractivity contribution >= 4 is 5.91 Å². The monoisotopic (exact) mass is 254 g/mol. The standard InChI is InChI=1S/C14H26N2O2/c1-13(2)10-11(4-9-18-13)16-12(17)14(3)5-7-15-8-6-14/h11,15H,4-10H2,1-3H3,(H,16,17). The average Bonchev–Trinajstić information content (AvgIpc) is 2.28. The molecule has 1 unspecified atom stereocenters. The minimum Gasteiger partial charge on any atom is -0.375 e. The minimum absolute atomic E-state index is 0.106. The van der Waals surface area contributed by atoms with Gasteiger partial charge in [0.1, 0.15) is 0 Å². The first kappa shape index (κ1) is 13.8. The summed E-state index contributed by atoms with van der Waals surface area (Å²) in [5.41, 5.74) is -0.293. The van der Waals surface area contributed by atoms with Gasteiger partial charge >= 0.3 is 0 Å². The Balaban J connectivity index is 1.90. The summed E-state index contributed by atoms with van der Waals surface area (Å²) in [5, 5.41) is 6.55. The molecule has 2 N–H and O–H groups in total. The van der Waals surface area contributed by atoms with Gasteiger partial charge in [0, 0.05) is 18.1 Å². The van der Waals surface area contributed by atoms with Crippen LogP contribution in [0.15, 0.2) is 0 Å². The van der Waals surface area contributed by atoms with Crippen LogP contribution < -0.4 is 10.6 Å². The van der Waals surface area contributed by atoms with E-state index in [9.17, 15) is 4.79 Å². The topological polar surface area (TPSA) is 50.4 Å². The van der Waals surface area contributed by atoms with Gasteiger partial charge in [-0.3, -0.25) is 4.79 Å². The fourth-order valence-corrected chi connectivity index (χ4v) is 2.92. The smallest absolute Gasteiger partial charge is 0.226 e. The second kappa shape index (κ2) is 5.17. The summed E-state index contributed by atoms with van der Waals surface area (Å²) in [5.74, 6) is 0.228. The van der Waals surface area contributed by atoms with Crippen LogP contribution in [-0.4, -0.2) is 37.2 Å².